The number of hydrogen-bond donors (Lipinski definition) is 3. The standard InChI is InChI=1S/C27H30BrN3O4.C2HF3O2/c1-15-6-10-22-24(12-15)35-17(3)25(30-26(32)16(2)29-4)27(33)31(22)14-21-20-9-8-19(28)13-18(20)7-11-23(21)34-5;3-2(4,5)1(6)7/h6-13,16-17,25,29H,14H2,1-5H3,(H,30,32);(H,6,7)/t16-,17-,25-;/m0./s1. The van der Waals surface area contributed by atoms with E-state index >= 15 is 0 Å². The Hall–Kier alpha value is -3.84. The number of carboxylic acids is 1. The van der Waals surface area contributed by atoms with E-state index in [1.165, 1.54) is 0 Å². The van der Waals surface area contributed by atoms with Gasteiger partial charge in [-0.15, -0.1) is 0 Å². The molecule has 9 nitrogen and oxygen atoms in total. The molecule has 4 rings (SSSR count). The maximum atomic E-state index is 14.0. The van der Waals surface area contributed by atoms with E-state index in [2.05, 4.69) is 26.6 Å². The number of carboxylic acid groups (broad SMARTS) is 1. The molecule has 3 N–H and O–H groups in total. The molecule has 0 unspecified atom stereocenters. The Kier molecular flexibility index (Phi) is 10.4. The van der Waals surface area contributed by atoms with Gasteiger partial charge in [-0.3, -0.25) is 9.59 Å². The number of fused-ring (bicyclic) bond motifs is 2. The first-order valence-corrected chi connectivity index (χ1v) is 13.6. The molecular weight excluding hydrogens is 623 g/mol. The van der Waals surface area contributed by atoms with Crippen molar-refractivity contribution in [2.75, 3.05) is 19.1 Å². The number of nitrogens with zero attached hydrogens (tertiary/aromatic N) is 1. The van der Waals surface area contributed by atoms with Crippen molar-refractivity contribution in [3.05, 3.63) is 64.1 Å². The lowest BCUT2D eigenvalue weighted by Gasteiger charge is -2.28. The van der Waals surface area contributed by atoms with Crippen molar-refractivity contribution in [3.63, 3.8) is 0 Å². The van der Waals surface area contributed by atoms with Crippen molar-refractivity contribution < 1.29 is 42.1 Å². The minimum Gasteiger partial charge on any atom is -0.496 e. The Morgan fingerprint density at radius 2 is 1.83 bits per heavy atom. The van der Waals surface area contributed by atoms with Crippen LogP contribution in [-0.2, 0) is 20.9 Å². The molecule has 0 bridgehead atoms. The summed E-state index contributed by atoms with van der Waals surface area (Å²) in [4.78, 5) is 37.3. The maximum absolute atomic E-state index is 14.0. The number of aryl methyl sites for hydroxylation is 1. The van der Waals surface area contributed by atoms with Crippen LogP contribution in [0.2, 0.25) is 0 Å². The van der Waals surface area contributed by atoms with Crippen LogP contribution >= 0.6 is 15.9 Å². The molecule has 0 aliphatic carbocycles. The summed E-state index contributed by atoms with van der Waals surface area (Å²) in [5, 5.41) is 14.9. The quantitative estimate of drug-likeness (QED) is 0.344. The lowest BCUT2D eigenvalue weighted by Crippen LogP contribution is -2.56. The van der Waals surface area contributed by atoms with Crippen molar-refractivity contribution in [1.29, 1.82) is 0 Å². The molecule has 226 valence electrons. The Morgan fingerprint density at radius 1 is 1.17 bits per heavy atom. The normalized spacial score (nSPS) is 17.3. The zero-order chi connectivity index (χ0) is 31.4. The summed E-state index contributed by atoms with van der Waals surface area (Å²) in [6, 6.07) is 14.4. The third kappa shape index (κ3) is 7.51. The summed E-state index contributed by atoms with van der Waals surface area (Å²) in [7, 11) is 3.33. The zero-order valence-corrected chi connectivity index (χ0v) is 25.1. The Labute approximate surface area is 249 Å². The van der Waals surface area contributed by atoms with Gasteiger partial charge in [-0.25, -0.2) is 4.79 Å². The molecule has 0 radical (unpaired) electrons. The van der Waals surface area contributed by atoms with Crippen LogP contribution in [0.4, 0.5) is 18.9 Å². The Balaban J connectivity index is 0.000000616. The number of anilines is 1. The number of likely N-dealkylation sites (N-methyl/N-ethyl adjacent to an activating group) is 1. The van der Waals surface area contributed by atoms with Crippen molar-refractivity contribution in [2.24, 2.45) is 0 Å². The lowest BCUT2D eigenvalue weighted by atomic mass is 10.0. The van der Waals surface area contributed by atoms with Crippen LogP contribution in [0.25, 0.3) is 10.8 Å². The highest BCUT2D eigenvalue weighted by atomic mass is 79.9. The molecule has 2 amide bonds. The van der Waals surface area contributed by atoms with Gasteiger partial charge in [0.15, 0.2) is 0 Å². The van der Waals surface area contributed by atoms with E-state index in [-0.39, 0.29) is 18.4 Å². The van der Waals surface area contributed by atoms with Gasteiger partial charge >= 0.3 is 12.1 Å². The monoisotopic (exact) mass is 653 g/mol. The molecule has 3 atom stereocenters. The van der Waals surface area contributed by atoms with Gasteiger partial charge in [0.25, 0.3) is 5.91 Å². The van der Waals surface area contributed by atoms with E-state index < -0.39 is 30.3 Å². The first-order valence-electron chi connectivity index (χ1n) is 12.8. The molecule has 0 spiro atoms. The molecule has 1 aliphatic heterocycles. The molecule has 0 saturated heterocycles. The number of nitrogens with one attached hydrogen (secondary N) is 2. The average Bonchev–Trinajstić information content (AvgIpc) is 3.01. The predicted octanol–water partition coefficient (Wildman–Crippen LogP) is 4.96. The Morgan fingerprint density at radius 3 is 2.43 bits per heavy atom. The Bertz CT molecular complexity index is 1480. The largest absolute Gasteiger partial charge is 0.496 e. The van der Waals surface area contributed by atoms with Gasteiger partial charge in [0.2, 0.25) is 5.91 Å². The smallest absolute Gasteiger partial charge is 0.490 e. The van der Waals surface area contributed by atoms with Gasteiger partial charge in [0.05, 0.1) is 25.4 Å². The first kappa shape index (κ1) is 32.7. The molecular formula is C29H31BrF3N3O6. The SMILES string of the molecule is CN[C@@H](C)C(=O)N[C@@H]1C(=O)N(Cc2c(OC)ccc3cc(Br)ccc23)c2ccc(C)cc2O[C@H]1C.O=C(O)C(F)(F)F. The molecule has 42 heavy (non-hydrogen) atoms. The van der Waals surface area contributed by atoms with E-state index in [0.29, 0.717) is 17.2 Å². The molecule has 0 aromatic heterocycles. The predicted molar refractivity (Wildman–Crippen MR) is 155 cm³/mol. The summed E-state index contributed by atoms with van der Waals surface area (Å²) >= 11 is 3.54. The van der Waals surface area contributed by atoms with Crippen LogP contribution < -0.4 is 25.0 Å². The minimum absolute atomic E-state index is 0.243. The summed E-state index contributed by atoms with van der Waals surface area (Å²) < 4.78 is 44.6. The average molecular weight is 654 g/mol. The van der Waals surface area contributed by atoms with Gasteiger partial charge < -0.3 is 30.1 Å². The van der Waals surface area contributed by atoms with E-state index in [4.69, 9.17) is 19.4 Å². The van der Waals surface area contributed by atoms with Crippen molar-refractivity contribution in [1.82, 2.24) is 10.6 Å². The molecule has 0 fully saturated rings. The second-order valence-corrected chi connectivity index (χ2v) is 10.5. The molecule has 3 aromatic rings. The first-order chi connectivity index (χ1) is 19.7. The van der Waals surface area contributed by atoms with Crippen molar-refractivity contribution >= 4 is 50.2 Å². The maximum Gasteiger partial charge on any atom is 0.490 e. The second-order valence-electron chi connectivity index (χ2n) is 9.63. The van der Waals surface area contributed by atoms with Gasteiger partial charge in [0.1, 0.15) is 23.6 Å². The molecule has 0 saturated carbocycles. The highest BCUT2D eigenvalue weighted by Gasteiger charge is 2.39. The summed E-state index contributed by atoms with van der Waals surface area (Å²) in [5.41, 5.74) is 2.55. The fraction of sp³-hybridized carbons (Fsp3) is 0.345. The highest BCUT2D eigenvalue weighted by Crippen LogP contribution is 2.38. The van der Waals surface area contributed by atoms with Gasteiger partial charge in [-0.05, 0) is 74.5 Å². The van der Waals surface area contributed by atoms with Crippen LogP contribution in [0.15, 0.2) is 53.0 Å². The number of carbonyl (C=O) groups excluding carboxylic acids is 2. The number of alkyl halides is 3. The number of aliphatic carboxylic acids is 1. The van der Waals surface area contributed by atoms with Gasteiger partial charge in [0, 0.05) is 10.0 Å². The topological polar surface area (TPSA) is 117 Å². The van der Waals surface area contributed by atoms with E-state index in [0.717, 1.165) is 26.4 Å². The number of ether oxygens (including phenoxy) is 2. The molecule has 3 aromatic carbocycles. The number of methoxy groups -OCH3 is 1. The molecule has 1 heterocycles. The van der Waals surface area contributed by atoms with Crippen LogP contribution in [-0.4, -0.2) is 61.4 Å². The fourth-order valence-electron chi connectivity index (χ4n) is 4.30. The number of benzene rings is 3. The second kappa shape index (κ2) is 13.4. The number of carbonyl (C=O) groups is 3. The zero-order valence-electron chi connectivity index (χ0n) is 23.5. The molecule has 1 aliphatic rings. The number of hydrogen-bond acceptors (Lipinski definition) is 6. The van der Waals surface area contributed by atoms with E-state index in [9.17, 15) is 22.8 Å². The third-order valence-electron chi connectivity index (χ3n) is 6.67. The van der Waals surface area contributed by atoms with Crippen molar-refractivity contribution in [2.45, 2.75) is 51.7 Å². The van der Waals surface area contributed by atoms with Crippen LogP contribution in [0, 0.1) is 6.92 Å². The number of rotatable bonds is 6. The van der Waals surface area contributed by atoms with E-state index in [1.54, 1.807) is 32.9 Å². The summed E-state index contributed by atoms with van der Waals surface area (Å²) in [6.45, 7) is 5.78. The van der Waals surface area contributed by atoms with Crippen LogP contribution in [0.1, 0.15) is 25.0 Å². The molecule has 13 heteroatoms. The van der Waals surface area contributed by atoms with Crippen molar-refractivity contribution in [3.8, 4) is 11.5 Å². The summed E-state index contributed by atoms with van der Waals surface area (Å²) in [5.74, 6) is -1.98. The number of amides is 2. The van der Waals surface area contributed by atoms with Gasteiger partial charge in [-0.2, -0.15) is 13.2 Å². The van der Waals surface area contributed by atoms with Crippen LogP contribution in [0.5, 0.6) is 11.5 Å². The third-order valence-corrected chi connectivity index (χ3v) is 7.17. The van der Waals surface area contributed by atoms with Crippen LogP contribution in [0.3, 0.4) is 0 Å². The lowest BCUT2D eigenvalue weighted by molar-refractivity contribution is -0.192. The summed E-state index contributed by atoms with van der Waals surface area (Å²) in [6.07, 6.45) is -5.65. The highest BCUT2D eigenvalue weighted by molar-refractivity contribution is 9.10. The fourth-order valence-corrected chi connectivity index (χ4v) is 4.68. The number of halogens is 4. The van der Waals surface area contributed by atoms with Gasteiger partial charge in [-0.1, -0.05) is 34.1 Å². The van der Waals surface area contributed by atoms with E-state index in [1.807, 2.05) is 55.5 Å². The minimum atomic E-state index is -5.08.